The number of aryl methyl sites for hydroxylation is 1. The van der Waals surface area contributed by atoms with E-state index in [0.29, 0.717) is 41.8 Å². The van der Waals surface area contributed by atoms with Gasteiger partial charge >= 0.3 is 0 Å². The molecule has 36 heavy (non-hydrogen) atoms. The van der Waals surface area contributed by atoms with Gasteiger partial charge in [-0.05, 0) is 60.9 Å². The normalized spacial score (nSPS) is 14.4. The van der Waals surface area contributed by atoms with E-state index in [1.807, 2.05) is 6.07 Å². The molecule has 0 atom stereocenters. The number of halogens is 2. The zero-order valence-electron chi connectivity index (χ0n) is 20.3. The number of sulfonamides is 1. The molecule has 1 amide bonds. The molecule has 0 spiro atoms. The van der Waals surface area contributed by atoms with Crippen LogP contribution in [0.1, 0.15) is 16.7 Å². The van der Waals surface area contributed by atoms with Gasteiger partial charge in [0.2, 0.25) is 15.9 Å². The van der Waals surface area contributed by atoms with Crippen molar-refractivity contribution in [1.82, 2.24) is 9.21 Å². The number of benzene rings is 3. The summed E-state index contributed by atoms with van der Waals surface area (Å²) in [5.74, 6) is -0.227. The van der Waals surface area contributed by atoms with Gasteiger partial charge in [-0.3, -0.25) is 4.79 Å². The van der Waals surface area contributed by atoms with Crippen molar-refractivity contribution in [3.8, 4) is 0 Å². The first kappa shape index (κ1) is 26.5. The van der Waals surface area contributed by atoms with E-state index in [1.165, 1.54) is 33.3 Å². The minimum absolute atomic E-state index is 0.00229. The highest BCUT2D eigenvalue weighted by atomic mass is 35.5. The second-order valence-corrected chi connectivity index (χ2v) is 11.7. The van der Waals surface area contributed by atoms with Gasteiger partial charge in [-0.1, -0.05) is 59.6 Å². The van der Waals surface area contributed by atoms with E-state index >= 15 is 0 Å². The van der Waals surface area contributed by atoms with E-state index in [1.54, 1.807) is 41.3 Å². The lowest BCUT2D eigenvalue weighted by Gasteiger charge is -2.37. The van der Waals surface area contributed by atoms with Crippen LogP contribution in [0.3, 0.4) is 0 Å². The molecule has 1 fully saturated rings. The van der Waals surface area contributed by atoms with E-state index < -0.39 is 10.0 Å². The van der Waals surface area contributed by atoms with Crippen LogP contribution >= 0.6 is 23.2 Å². The fourth-order valence-corrected chi connectivity index (χ4v) is 6.05. The van der Waals surface area contributed by atoms with Crippen LogP contribution in [-0.2, 0) is 21.4 Å². The van der Waals surface area contributed by atoms with Crippen LogP contribution in [0.2, 0.25) is 10.0 Å². The smallest absolute Gasteiger partial charge is 0.243 e. The summed E-state index contributed by atoms with van der Waals surface area (Å²) in [6, 6.07) is 19.4. The summed E-state index contributed by atoms with van der Waals surface area (Å²) in [4.78, 5) is 17.5. The van der Waals surface area contributed by atoms with Crippen molar-refractivity contribution >= 4 is 44.8 Å². The molecular weight excluding hydrogens is 517 g/mol. The number of piperazine rings is 1. The molecule has 3 aromatic rings. The van der Waals surface area contributed by atoms with Gasteiger partial charge in [-0.2, -0.15) is 4.31 Å². The van der Waals surface area contributed by atoms with E-state index in [0.717, 1.165) is 0 Å². The molecule has 0 aliphatic carbocycles. The summed E-state index contributed by atoms with van der Waals surface area (Å²) in [6.07, 6.45) is 0. The summed E-state index contributed by atoms with van der Waals surface area (Å²) in [5.41, 5.74) is 4.29. The van der Waals surface area contributed by atoms with E-state index in [-0.39, 0.29) is 23.9 Å². The van der Waals surface area contributed by atoms with Gasteiger partial charge in [0.15, 0.2) is 0 Å². The van der Waals surface area contributed by atoms with Crippen molar-refractivity contribution in [2.75, 3.05) is 37.6 Å². The summed E-state index contributed by atoms with van der Waals surface area (Å²) in [6.45, 7) is 6.37. The van der Waals surface area contributed by atoms with Gasteiger partial charge in [0.1, 0.15) is 0 Å². The maximum Gasteiger partial charge on any atom is 0.243 e. The van der Waals surface area contributed by atoms with Crippen LogP contribution in [0.4, 0.5) is 5.69 Å². The predicted molar refractivity (Wildman–Crippen MR) is 145 cm³/mol. The lowest BCUT2D eigenvalue weighted by Crippen LogP contribution is -2.52. The summed E-state index contributed by atoms with van der Waals surface area (Å²) < 4.78 is 28.2. The third kappa shape index (κ3) is 5.86. The highest BCUT2D eigenvalue weighted by Crippen LogP contribution is 2.26. The zero-order chi connectivity index (χ0) is 25.9. The Balaban J connectivity index is 1.51. The molecular formula is C27H29Cl2N3O3S. The predicted octanol–water partition coefficient (Wildman–Crippen LogP) is 5.15. The fraction of sp³-hybridized carbons (Fsp3) is 0.296. The first-order chi connectivity index (χ1) is 17.2. The van der Waals surface area contributed by atoms with Crippen molar-refractivity contribution < 1.29 is 13.2 Å². The molecule has 1 heterocycles. The topological polar surface area (TPSA) is 60.9 Å². The monoisotopic (exact) mass is 545 g/mol. The molecule has 0 N–H and O–H groups in total. The lowest BCUT2D eigenvalue weighted by molar-refractivity contribution is -0.131. The number of anilines is 1. The second kappa shape index (κ2) is 11.2. The average Bonchev–Trinajstić information content (AvgIpc) is 2.88. The summed E-state index contributed by atoms with van der Waals surface area (Å²) in [5, 5.41) is 0.718. The van der Waals surface area contributed by atoms with Gasteiger partial charge in [0.05, 0.1) is 21.5 Å². The minimum atomic E-state index is -3.92. The van der Waals surface area contributed by atoms with Crippen LogP contribution in [0, 0.1) is 13.8 Å². The van der Waals surface area contributed by atoms with Crippen LogP contribution < -0.4 is 4.90 Å². The zero-order valence-corrected chi connectivity index (χ0v) is 22.7. The largest absolute Gasteiger partial charge is 0.368 e. The highest BCUT2D eigenvalue weighted by molar-refractivity contribution is 7.89. The Bertz CT molecular complexity index is 1340. The number of carbonyl (C=O) groups excluding carboxylic acids is 1. The standard InChI is InChI=1S/C27H29Cl2N3O3S/c1-20-7-6-10-26(21(20)2)30-13-15-31(16-14-30)27(33)19-32(18-22-11-12-24(28)25(29)17-22)36(34,35)23-8-4-3-5-9-23/h3-12,17H,13-16,18-19H2,1-2H3. The molecule has 0 radical (unpaired) electrons. The van der Waals surface area contributed by atoms with Crippen LogP contribution in [-0.4, -0.2) is 56.3 Å². The van der Waals surface area contributed by atoms with Gasteiger partial charge in [0, 0.05) is 38.4 Å². The van der Waals surface area contributed by atoms with E-state index in [9.17, 15) is 13.2 Å². The molecule has 0 bridgehead atoms. The van der Waals surface area contributed by atoms with Crippen LogP contribution in [0.5, 0.6) is 0 Å². The number of amides is 1. The lowest BCUT2D eigenvalue weighted by atomic mass is 10.1. The van der Waals surface area contributed by atoms with Crippen molar-refractivity contribution in [2.45, 2.75) is 25.3 Å². The molecule has 4 rings (SSSR count). The van der Waals surface area contributed by atoms with Crippen molar-refractivity contribution in [2.24, 2.45) is 0 Å². The third-order valence-corrected chi connectivity index (χ3v) is 9.13. The number of hydrogen-bond acceptors (Lipinski definition) is 4. The van der Waals surface area contributed by atoms with Crippen LogP contribution in [0.25, 0.3) is 0 Å². The quantitative estimate of drug-likeness (QED) is 0.412. The Labute approximate surface area is 223 Å². The molecule has 0 unspecified atom stereocenters. The van der Waals surface area contributed by atoms with E-state index in [2.05, 4.69) is 30.9 Å². The number of nitrogens with zero attached hydrogens (tertiary/aromatic N) is 3. The van der Waals surface area contributed by atoms with Gasteiger partial charge in [-0.25, -0.2) is 8.42 Å². The summed E-state index contributed by atoms with van der Waals surface area (Å²) in [7, 11) is -3.92. The molecule has 3 aromatic carbocycles. The van der Waals surface area contributed by atoms with Gasteiger partial charge < -0.3 is 9.80 Å². The Hall–Kier alpha value is -2.58. The molecule has 1 aliphatic heterocycles. The molecule has 6 nitrogen and oxygen atoms in total. The maximum absolute atomic E-state index is 13.5. The molecule has 190 valence electrons. The van der Waals surface area contributed by atoms with Crippen LogP contribution in [0.15, 0.2) is 71.6 Å². The first-order valence-electron chi connectivity index (χ1n) is 11.7. The Morgan fingerprint density at radius 3 is 2.25 bits per heavy atom. The Morgan fingerprint density at radius 2 is 1.58 bits per heavy atom. The summed E-state index contributed by atoms with van der Waals surface area (Å²) >= 11 is 12.2. The fourth-order valence-electron chi connectivity index (χ4n) is 4.33. The molecule has 1 aliphatic rings. The molecule has 9 heteroatoms. The number of rotatable bonds is 7. The average molecular weight is 547 g/mol. The van der Waals surface area contributed by atoms with Crippen molar-refractivity contribution in [3.63, 3.8) is 0 Å². The van der Waals surface area contributed by atoms with Gasteiger partial charge in [-0.15, -0.1) is 0 Å². The first-order valence-corrected chi connectivity index (χ1v) is 13.9. The SMILES string of the molecule is Cc1cccc(N2CCN(C(=O)CN(Cc3ccc(Cl)c(Cl)c3)S(=O)(=O)c3ccccc3)CC2)c1C. The van der Waals surface area contributed by atoms with Gasteiger partial charge in [0.25, 0.3) is 0 Å². The second-order valence-electron chi connectivity index (χ2n) is 8.92. The van der Waals surface area contributed by atoms with Crippen molar-refractivity contribution in [3.05, 3.63) is 93.5 Å². The minimum Gasteiger partial charge on any atom is -0.368 e. The maximum atomic E-state index is 13.5. The molecule has 1 saturated heterocycles. The Morgan fingerprint density at radius 1 is 0.889 bits per heavy atom. The Kier molecular flexibility index (Phi) is 8.25. The highest BCUT2D eigenvalue weighted by Gasteiger charge is 2.30. The molecule has 0 aromatic heterocycles. The third-order valence-electron chi connectivity index (χ3n) is 6.58. The molecule has 0 saturated carbocycles. The van der Waals surface area contributed by atoms with Crippen molar-refractivity contribution in [1.29, 1.82) is 0 Å². The van der Waals surface area contributed by atoms with E-state index in [4.69, 9.17) is 23.2 Å². The number of hydrogen-bond donors (Lipinski definition) is 0. The number of carbonyl (C=O) groups is 1.